The Morgan fingerprint density at radius 1 is 1.02 bits per heavy atom. The number of nitrogens with zero attached hydrogens (tertiary/aromatic N) is 3. The highest BCUT2D eigenvalue weighted by atomic mass is 19.1. The number of anilines is 2. The van der Waals surface area contributed by atoms with Crippen LogP contribution >= 0.6 is 0 Å². The van der Waals surface area contributed by atoms with Crippen molar-refractivity contribution in [2.45, 2.75) is 72.1 Å². The van der Waals surface area contributed by atoms with Crippen LogP contribution in [-0.2, 0) is 16.0 Å². The maximum atomic E-state index is 14.6. The summed E-state index contributed by atoms with van der Waals surface area (Å²) < 4.78 is 41.5. The van der Waals surface area contributed by atoms with Gasteiger partial charge in [-0.05, 0) is 96.2 Å². The minimum absolute atomic E-state index is 0.144. The zero-order chi connectivity index (χ0) is 32.5. The summed E-state index contributed by atoms with van der Waals surface area (Å²) >= 11 is 0. The van der Waals surface area contributed by atoms with E-state index < -0.39 is 35.0 Å². The molecule has 0 aliphatic heterocycles. The van der Waals surface area contributed by atoms with Crippen LogP contribution in [0.4, 0.5) is 29.9 Å². The summed E-state index contributed by atoms with van der Waals surface area (Å²) in [5.74, 6) is 5.37. The molecule has 4 aromatic rings. The van der Waals surface area contributed by atoms with E-state index in [-0.39, 0.29) is 29.5 Å². The number of fused-ring (bicyclic) bond motifs is 1. The summed E-state index contributed by atoms with van der Waals surface area (Å²) in [6.07, 6.45) is 3.73. The van der Waals surface area contributed by atoms with Crippen molar-refractivity contribution in [2.75, 3.05) is 10.6 Å². The lowest BCUT2D eigenvalue weighted by atomic mass is 10.0. The van der Waals surface area contributed by atoms with Gasteiger partial charge in [-0.3, -0.25) is 5.32 Å². The summed E-state index contributed by atoms with van der Waals surface area (Å²) in [5, 5.41) is 6.26. The second kappa shape index (κ2) is 12.2. The minimum Gasteiger partial charge on any atom is -0.444 e. The number of pyridine rings is 2. The fourth-order valence-corrected chi connectivity index (χ4v) is 4.46. The number of hydrogen-bond acceptors (Lipinski definition) is 7. The third kappa shape index (κ3) is 7.95. The maximum Gasteiger partial charge on any atom is 0.420 e. The van der Waals surface area contributed by atoms with Crippen LogP contribution in [0.1, 0.15) is 65.6 Å². The molecule has 1 saturated carbocycles. The molecule has 1 aromatic carbocycles. The van der Waals surface area contributed by atoms with Crippen molar-refractivity contribution in [2.24, 2.45) is 5.92 Å². The van der Waals surface area contributed by atoms with Crippen molar-refractivity contribution >= 4 is 34.7 Å². The standard InChI is InChI=1S/C34H35F2N5O4/c1-33(2,3)44-31(42)40-28-16-21(14-15-37-28)24-19-41(32(43)45-34(4,5)6)30-29(24)27(17-22(39-30)13-12-20-10-11-20)38-18-23-25(35)8-7-9-26(23)36/h7-9,14-17,19-20H,10-11,18H2,1-6H3,(H,38,39)(H,37,40,42). The van der Waals surface area contributed by atoms with Crippen molar-refractivity contribution in [1.82, 2.24) is 14.5 Å². The van der Waals surface area contributed by atoms with Crippen LogP contribution < -0.4 is 10.6 Å². The normalized spacial score (nSPS) is 13.2. The third-order valence-corrected chi connectivity index (χ3v) is 6.55. The quantitative estimate of drug-likeness (QED) is 0.220. The number of rotatable bonds is 5. The van der Waals surface area contributed by atoms with Crippen LogP contribution in [0.25, 0.3) is 22.2 Å². The first-order chi connectivity index (χ1) is 21.2. The highest BCUT2D eigenvalue weighted by molar-refractivity contribution is 6.06. The number of benzene rings is 1. The summed E-state index contributed by atoms with van der Waals surface area (Å²) in [5.41, 5.74) is 0.485. The van der Waals surface area contributed by atoms with Crippen LogP contribution in [0.15, 0.2) is 48.8 Å². The van der Waals surface area contributed by atoms with Crippen molar-refractivity contribution in [3.05, 3.63) is 71.7 Å². The molecule has 1 aliphatic carbocycles. The fourth-order valence-electron chi connectivity index (χ4n) is 4.46. The second-order valence-electron chi connectivity index (χ2n) is 12.8. The molecule has 0 radical (unpaired) electrons. The van der Waals surface area contributed by atoms with Gasteiger partial charge in [0.05, 0.1) is 5.39 Å². The lowest BCUT2D eigenvalue weighted by Gasteiger charge is -2.19. The van der Waals surface area contributed by atoms with E-state index in [9.17, 15) is 18.4 Å². The molecule has 3 heterocycles. The molecule has 2 N–H and O–H groups in total. The van der Waals surface area contributed by atoms with Crippen LogP contribution in [0.5, 0.6) is 0 Å². The molecule has 1 aliphatic rings. The zero-order valence-electron chi connectivity index (χ0n) is 26.0. The Morgan fingerprint density at radius 2 is 1.71 bits per heavy atom. The molecule has 0 unspecified atom stereocenters. The van der Waals surface area contributed by atoms with Gasteiger partial charge < -0.3 is 14.8 Å². The zero-order valence-corrected chi connectivity index (χ0v) is 26.0. The number of aromatic nitrogens is 3. The third-order valence-electron chi connectivity index (χ3n) is 6.55. The SMILES string of the molecule is CC(C)(C)OC(=O)Nc1cc(-c2cn(C(=O)OC(C)(C)C)c3nc(C#CC4CC4)cc(NCc4c(F)cccc4F)c23)ccn1. The van der Waals surface area contributed by atoms with Gasteiger partial charge in [0.25, 0.3) is 0 Å². The van der Waals surface area contributed by atoms with Gasteiger partial charge in [0.2, 0.25) is 0 Å². The average Bonchev–Trinajstić information content (AvgIpc) is 3.67. The summed E-state index contributed by atoms with van der Waals surface area (Å²) in [6, 6.07) is 8.70. The second-order valence-corrected chi connectivity index (χ2v) is 12.8. The van der Waals surface area contributed by atoms with Gasteiger partial charge in [-0.2, -0.15) is 0 Å². The Hall–Kier alpha value is -4.98. The molecule has 234 valence electrons. The van der Waals surface area contributed by atoms with Gasteiger partial charge in [0.1, 0.15) is 34.3 Å². The van der Waals surface area contributed by atoms with E-state index in [1.165, 1.54) is 29.0 Å². The van der Waals surface area contributed by atoms with E-state index >= 15 is 0 Å². The Bertz CT molecular complexity index is 1820. The number of hydrogen-bond donors (Lipinski definition) is 2. The van der Waals surface area contributed by atoms with Crippen LogP contribution in [0, 0.1) is 29.4 Å². The van der Waals surface area contributed by atoms with E-state index in [1.807, 2.05) is 0 Å². The number of carbonyl (C=O) groups excluding carboxylic acids is 2. The number of nitrogens with one attached hydrogen (secondary N) is 2. The highest BCUT2D eigenvalue weighted by Crippen LogP contribution is 2.37. The van der Waals surface area contributed by atoms with Gasteiger partial charge >= 0.3 is 12.2 Å². The summed E-state index contributed by atoms with van der Waals surface area (Å²) in [6.45, 7) is 10.3. The lowest BCUT2D eigenvalue weighted by Crippen LogP contribution is -2.27. The summed E-state index contributed by atoms with van der Waals surface area (Å²) in [7, 11) is 0. The van der Waals surface area contributed by atoms with Crippen LogP contribution in [0.3, 0.4) is 0 Å². The molecule has 11 heteroatoms. The Kier molecular flexibility index (Phi) is 8.52. The highest BCUT2D eigenvalue weighted by Gasteiger charge is 2.25. The largest absolute Gasteiger partial charge is 0.444 e. The van der Waals surface area contributed by atoms with Gasteiger partial charge in [-0.25, -0.2) is 32.9 Å². The first-order valence-electron chi connectivity index (χ1n) is 14.6. The van der Waals surface area contributed by atoms with Crippen molar-refractivity contribution < 1.29 is 27.8 Å². The molecular weight excluding hydrogens is 580 g/mol. The van der Waals surface area contributed by atoms with E-state index in [4.69, 9.17) is 14.5 Å². The van der Waals surface area contributed by atoms with Crippen molar-refractivity contribution in [3.63, 3.8) is 0 Å². The lowest BCUT2D eigenvalue weighted by molar-refractivity contribution is 0.0542. The molecular formula is C34H35F2N5O4. The molecule has 0 saturated heterocycles. The number of amides is 1. The molecule has 45 heavy (non-hydrogen) atoms. The van der Waals surface area contributed by atoms with Crippen LogP contribution in [-0.4, -0.2) is 37.9 Å². The Balaban J connectivity index is 1.66. The minimum atomic E-state index is -0.804. The van der Waals surface area contributed by atoms with Gasteiger partial charge in [0.15, 0.2) is 5.65 Å². The molecule has 1 amide bonds. The number of carbonyl (C=O) groups is 2. The van der Waals surface area contributed by atoms with Crippen molar-refractivity contribution in [3.8, 4) is 23.0 Å². The van der Waals surface area contributed by atoms with E-state index in [1.54, 1.807) is 65.9 Å². The Morgan fingerprint density at radius 3 is 2.36 bits per heavy atom. The smallest absolute Gasteiger partial charge is 0.420 e. The predicted molar refractivity (Wildman–Crippen MR) is 168 cm³/mol. The topological polar surface area (TPSA) is 107 Å². The molecule has 0 bridgehead atoms. The van der Waals surface area contributed by atoms with E-state index in [0.717, 1.165) is 12.8 Å². The maximum absolute atomic E-state index is 14.6. The average molecular weight is 616 g/mol. The van der Waals surface area contributed by atoms with Crippen LogP contribution in [0.2, 0.25) is 0 Å². The van der Waals surface area contributed by atoms with Crippen molar-refractivity contribution in [1.29, 1.82) is 0 Å². The molecule has 5 rings (SSSR count). The van der Waals surface area contributed by atoms with Gasteiger partial charge in [-0.15, -0.1) is 0 Å². The number of ether oxygens (including phenoxy) is 2. The number of halogens is 2. The predicted octanol–water partition coefficient (Wildman–Crippen LogP) is 7.88. The van der Waals surface area contributed by atoms with E-state index in [2.05, 4.69) is 27.5 Å². The first-order valence-corrected chi connectivity index (χ1v) is 14.6. The van der Waals surface area contributed by atoms with Gasteiger partial charge in [0, 0.05) is 41.7 Å². The molecule has 9 nitrogen and oxygen atoms in total. The molecule has 0 spiro atoms. The fraction of sp³-hybridized carbons (Fsp3) is 0.353. The van der Waals surface area contributed by atoms with E-state index in [0.29, 0.717) is 27.9 Å². The van der Waals surface area contributed by atoms with Gasteiger partial charge in [-0.1, -0.05) is 12.0 Å². The summed E-state index contributed by atoms with van der Waals surface area (Å²) in [4.78, 5) is 34.9. The molecule has 3 aromatic heterocycles. The molecule has 1 fully saturated rings. The molecule has 0 atom stereocenters. The Labute approximate surface area is 260 Å². The monoisotopic (exact) mass is 615 g/mol. The first kappa shape index (κ1) is 31.4.